The SMILES string of the molecule is CCCC(OC1C=Cc2ccccc21)OC1C=Cc2ccccc21. The van der Waals surface area contributed by atoms with Crippen LogP contribution in [0.4, 0.5) is 0 Å². The van der Waals surface area contributed by atoms with Gasteiger partial charge in [-0.1, -0.05) is 86.2 Å². The van der Waals surface area contributed by atoms with Crippen LogP contribution in [-0.4, -0.2) is 6.29 Å². The van der Waals surface area contributed by atoms with Gasteiger partial charge in [0.15, 0.2) is 6.29 Å². The fraction of sp³-hybridized carbons (Fsp3) is 0.273. The monoisotopic (exact) mass is 318 g/mol. The van der Waals surface area contributed by atoms with Crippen LogP contribution in [0.3, 0.4) is 0 Å². The van der Waals surface area contributed by atoms with Gasteiger partial charge < -0.3 is 9.47 Å². The summed E-state index contributed by atoms with van der Waals surface area (Å²) in [5.41, 5.74) is 4.93. The van der Waals surface area contributed by atoms with E-state index in [1.54, 1.807) is 0 Å². The highest BCUT2D eigenvalue weighted by atomic mass is 16.7. The molecule has 2 aliphatic carbocycles. The molecule has 2 nitrogen and oxygen atoms in total. The molecule has 2 heteroatoms. The van der Waals surface area contributed by atoms with Crippen LogP contribution in [0.2, 0.25) is 0 Å². The van der Waals surface area contributed by atoms with Gasteiger partial charge in [0, 0.05) is 0 Å². The average Bonchev–Trinajstić information content (AvgIpc) is 3.20. The van der Waals surface area contributed by atoms with Crippen LogP contribution in [0.1, 0.15) is 54.2 Å². The van der Waals surface area contributed by atoms with E-state index in [0.717, 1.165) is 12.8 Å². The van der Waals surface area contributed by atoms with Crippen molar-refractivity contribution in [3.8, 4) is 0 Å². The van der Waals surface area contributed by atoms with Crippen molar-refractivity contribution < 1.29 is 9.47 Å². The first-order valence-corrected chi connectivity index (χ1v) is 8.70. The lowest BCUT2D eigenvalue weighted by Crippen LogP contribution is -2.21. The second-order valence-electron chi connectivity index (χ2n) is 6.31. The molecule has 4 rings (SSSR count). The van der Waals surface area contributed by atoms with Gasteiger partial charge in [-0.2, -0.15) is 0 Å². The van der Waals surface area contributed by atoms with Crippen molar-refractivity contribution in [1.29, 1.82) is 0 Å². The van der Waals surface area contributed by atoms with E-state index in [4.69, 9.17) is 9.47 Å². The third-order valence-corrected chi connectivity index (χ3v) is 4.63. The lowest BCUT2D eigenvalue weighted by Gasteiger charge is -2.25. The molecule has 0 amide bonds. The van der Waals surface area contributed by atoms with E-state index in [-0.39, 0.29) is 18.5 Å². The van der Waals surface area contributed by atoms with Crippen LogP contribution >= 0.6 is 0 Å². The maximum atomic E-state index is 6.31. The van der Waals surface area contributed by atoms with Gasteiger partial charge in [-0.25, -0.2) is 0 Å². The normalized spacial score (nSPS) is 21.7. The van der Waals surface area contributed by atoms with Gasteiger partial charge in [0.1, 0.15) is 12.2 Å². The Bertz CT molecular complexity index is 712. The van der Waals surface area contributed by atoms with Crippen LogP contribution in [0.25, 0.3) is 12.2 Å². The van der Waals surface area contributed by atoms with E-state index in [2.05, 4.69) is 79.8 Å². The van der Waals surface area contributed by atoms with Crippen LogP contribution in [-0.2, 0) is 9.47 Å². The fourth-order valence-electron chi connectivity index (χ4n) is 3.40. The van der Waals surface area contributed by atoms with Gasteiger partial charge in [0.25, 0.3) is 0 Å². The summed E-state index contributed by atoms with van der Waals surface area (Å²) in [6, 6.07) is 16.8. The minimum Gasteiger partial charge on any atom is -0.341 e. The number of ether oxygens (including phenoxy) is 2. The predicted octanol–water partition coefficient (Wildman–Crippen LogP) is 5.68. The predicted molar refractivity (Wildman–Crippen MR) is 97.3 cm³/mol. The molecule has 0 radical (unpaired) electrons. The Morgan fingerprint density at radius 3 is 1.79 bits per heavy atom. The second kappa shape index (κ2) is 6.76. The van der Waals surface area contributed by atoms with E-state index in [0.29, 0.717) is 0 Å². The topological polar surface area (TPSA) is 18.5 Å². The summed E-state index contributed by atoms with van der Waals surface area (Å²) in [5.74, 6) is 0. The molecule has 0 heterocycles. The van der Waals surface area contributed by atoms with Crippen LogP contribution in [0.5, 0.6) is 0 Å². The van der Waals surface area contributed by atoms with Gasteiger partial charge in [-0.15, -0.1) is 0 Å². The molecule has 2 aromatic rings. The zero-order valence-corrected chi connectivity index (χ0v) is 13.9. The number of fused-ring (bicyclic) bond motifs is 2. The second-order valence-corrected chi connectivity index (χ2v) is 6.31. The van der Waals surface area contributed by atoms with Gasteiger partial charge in [-0.05, 0) is 28.7 Å². The minimum absolute atomic E-state index is 0.0154. The van der Waals surface area contributed by atoms with Gasteiger partial charge >= 0.3 is 0 Å². The molecule has 0 saturated carbocycles. The molecule has 0 N–H and O–H groups in total. The van der Waals surface area contributed by atoms with Gasteiger partial charge in [-0.3, -0.25) is 0 Å². The molecule has 0 aliphatic heterocycles. The molecular formula is C22H22O2. The van der Waals surface area contributed by atoms with E-state index >= 15 is 0 Å². The summed E-state index contributed by atoms with van der Waals surface area (Å²) in [4.78, 5) is 0. The highest BCUT2D eigenvalue weighted by molar-refractivity contribution is 5.62. The third kappa shape index (κ3) is 2.95. The Balaban J connectivity index is 1.48. The fourth-order valence-corrected chi connectivity index (χ4v) is 3.40. The van der Waals surface area contributed by atoms with Crippen molar-refractivity contribution in [3.05, 3.63) is 82.9 Å². The van der Waals surface area contributed by atoms with Crippen molar-refractivity contribution in [2.45, 2.75) is 38.3 Å². The lowest BCUT2D eigenvalue weighted by atomic mass is 10.1. The average molecular weight is 318 g/mol. The van der Waals surface area contributed by atoms with Crippen LogP contribution < -0.4 is 0 Å². The molecule has 122 valence electrons. The van der Waals surface area contributed by atoms with Crippen molar-refractivity contribution in [2.75, 3.05) is 0 Å². The first-order valence-electron chi connectivity index (χ1n) is 8.70. The molecule has 0 saturated heterocycles. The first kappa shape index (κ1) is 15.4. The first-order chi connectivity index (χ1) is 11.8. The Kier molecular flexibility index (Phi) is 4.33. The molecule has 24 heavy (non-hydrogen) atoms. The van der Waals surface area contributed by atoms with Crippen molar-refractivity contribution in [3.63, 3.8) is 0 Å². The Labute approximate surface area is 143 Å². The summed E-state index contributed by atoms with van der Waals surface area (Å²) >= 11 is 0. The molecule has 2 atom stereocenters. The van der Waals surface area contributed by atoms with Crippen LogP contribution in [0, 0.1) is 0 Å². The lowest BCUT2D eigenvalue weighted by molar-refractivity contribution is -0.181. The molecule has 2 unspecified atom stereocenters. The molecule has 0 fully saturated rings. The summed E-state index contributed by atoms with van der Waals surface area (Å²) in [6.45, 7) is 2.16. The molecule has 0 spiro atoms. The highest BCUT2D eigenvalue weighted by Gasteiger charge is 2.25. The summed E-state index contributed by atoms with van der Waals surface area (Å²) in [5, 5.41) is 0. The van der Waals surface area contributed by atoms with Crippen molar-refractivity contribution >= 4 is 12.2 Å². The van der Waals surface area contributed by atoms with E-state index in [9.17, 15) is 0 Å². The molecule has 0 bridgehead atoms. The van der Waals surface area contributed by atoms with Crippen LogP contribution in [0.15, 0.2) is 60.7 Å². The molecule has 2 aliphatic rings. The zero-order valence-electron chi connectivity index (χ0n) is 13.9. The summed E-state index contributed by atoms with van der Waals surface area (Å²) < 4.78 is 12.6. The van der Waals surface area contributed by atoms with E-state index in [1.807, 2.05) is 0 Å². The molecule has 0 aromatic heterocycles. The number of rotatable bonds is 6. The molecule has 2 aromatic carbocycles. The summed E-state index contributed by atoms with van der Waals surface area (Å²) in [6.07, 6.45) is 10.2. The number of hydrogen-bond acceptors (Lipinski definition) is 2. The minimum atomic E-state index is -0.211. The van der Waals surface area contributed by atoms with Crippen molar-refractivity contribution in [1.82, 2.24) is 0 Å². The van der Waals surface area contributed by atoms with Crippen molar-refractivity contribution in [2.24, 2.45) is 0 Å². The Morgan fingerprint density at radius 2 is 1.29 bits per heavy atom. The number of hydrogen-bond donors (Lipinski definition) is 0. The maximum Gasteiger partial charge on any atom is 0.160 e. The molecular weight excluding hydrogens is 296 g/mol. The maximum absolute atomic E-state index is 6.31. The zero-order chi connectivity index (χ0) is 16.4. The Hall–Kier alpha value is -2.16. The Morgan fingerprint density at radius 1 is 0.792 bits per heavy atom. The summed E-state index contributed by atoms with van der Waals surface area (Å²) in [7, 11) is 0. The standard InChI is InChI=1S/C22H22O2/c1-2-7-22(23-20-14-12-16-8-3-5-10-18(16)20)24-21-15-13-17-9-4-6-11-19(17)21/h3-6,8-15,20-22H,2,7H2,1H3. The van der Waals surface area contributed by atoms with E-state index < -0.39 is 0 Å². The van der Waals surface area contributed by atoms with E-state index in [1.165, 1.54) is 22.3 Å². The van der Waals surface area contributed by atoms with Gasteiger partial charge in [0.2, 0.25) is 0 Å². The largest absolute Gasteiger partial charge is 0.341 e. The third-order valence-electron chi connectivity index (χ3n) is 4.63. The smallest absolute Gasteiger partial charge is 0.160 e. The quantitative estimate of drug-likeness (QED) is 0.638. The van der Waals surface area contributed by atoms with Gasteiger partial charge in [0.05, 0.1) is 0 Å². The highest BCUT2D eigenvalue weighted by Crippen LogP contribution is 2.36. The number of benzene rings is 2.